The average Bonchev–Trinajstić information content (AvgIpc) is 2.42. The van der Waals surface area contributed by atoms with Crippen molar-refractivity contribution in [2.45, 2.75) is 20.4 Å². The monoisotopic (exact) mass is 293 g/mol. The fourth-order valence-corrected chi connectivity index (χ4v) is 2.12. The number of anilines is 1. The molecule has 0 aliphatic rings. The van der Waals surface area contributed by atoms with Crippen LogP contribution in [0.5, 0.6) is 0 Å². The van der Waals surface area contributed by atoms with E-state index in [1.807, 2.05) is 0 Å². The van der Waals surface area contributed by atoms with Crippen molar-refractivity contribution >= 4 is 23.7 Å². The number of carbonyl (C=O) groups excluding carboxylic acids is 1. The van der Waals surface area contributed by atoms with Gasteiger partial charge in [-0.25, -0.2) is 14.4 Å². The summed E-state index contributed by atoms with van der Waals surface area (Å²) >= 11 is 5.81. The molecule has 1 N–H and O–H groups in total. The first-order chi connectivity index (χ1) is 9.52. The quantitative estimate of drug-likeness (QED) is 0.694. The molecule has 2 rings (SSSR count). The Hall–Kier alpha value is -2.01. The van der Waals surface area contributed by atoms with Crippen LogP contribution in [0, 0.1) is 19.7 Å². The molecule has 0 fully saturated rings. The molecule has 2 aromatic rings. The molecule has 104 valence electrons. The number of benzene rings is 1. The highest BCUT2D eigenvalue weighted by Gasteiger charge is 2.09. The van der Waals surface area contributed by atoms with Crippen LogP contribution in [0.1, 0.15) is 27.0 Å². The highest BCUT2D eigenvalue weighted by Crippen LogP contribution is 2.19. The van der Waals surface area contributed by atoms with Crippen LogP contribution in [-0.2, 0) is 6.54 Å². The lowest BCUT2D eigenvalue weighted by Crippen LogP contribution is -2.06. The first kappa shape index (κ1) is 14.4. The molecular weight excluding hydrogens is 281 g/mol. The molecule has 0 saturated carbocycles. The topological polar surface area (TPSA) is 54.9 Å². The SMILES string of the molecule is Cc1cc(CNc2ncnc(Cl)c2C=O)cc(C)c1F. The summed E-state index contributed by atoms with van der Waals surface area (Å²) in [5.41, 5.74) is 2.27. The number of carbonyl (C=O) groups is 1. The van der Waals surface area contributed by atoms with Crippen molar-refractivity contribution in [2.75, 3.05) is 5.32 Å². The zero-order chi connectivity index (χ0) is 14.7. The normalized spacial score (nSPS) is 10.4. The van der Waals surface area contributed by atoms with Gasteiger partial charge in [-0.2, -0.15) is 0 Å². The Kier molecular flexibility index (Phi) is 4.29. The number of rotatable bonds is 4. The number of aromatic nitrogens is 2. The Labute approximate surface area is 121 Å². The van der Waals surface area contributed by atoms with Crippen molar-refractivity contribution < 1.29 is 9.18 Å². The number of nitrogens with zero attached hydrogens (tertiary/aromatic N) is 2. The molecule has 0 saturated heterocycles. The van der Waals surface area contributed by atoms with E-state index >= 15 is 0 Å². The predicted molar refractivity (Wildman–Crippen MR) is 75.6 cm³/mol. The van der Waals surface area contributed by atoms with Crippen LogP contribution < -0.4 is 5.32 Å². The Bertz CT molecular complexity index is 638. The molecule has 4 nitrogen and oxygen atoms in total. The smallest absolute Gasteiger partial charge is 0.156 e. The van der Waals surface area contributed by atoms with E-state index in [4.69, 9.17) is 11.6 Å². The van der Waals surface area contributed by atoms with Gasteiger partial charge in [-0.3, -0.25) is 4.79 Å². The Morgan fingerprint density at radius 3 is 2.55 bits per heavy atom. The molecule has 1 aromatic carbocycles. The van der Waals surface area contributed by atoms with Crippen molar-refractivity contribution in [3.8, 4) is 0 Å². The lowest BCUT2D eigenvalue weighted by atomic mass is 10.1. The van der Waals surface area contributed by atoms with E-state index in [1.54, 1.807) is 26.0 Å². The molecule has 20 heavy (non-hydrogen) atoms. The number of hydrogen-bond donors (Lipinski definition) is 1. The zero-order valence-corrected chi connectivity index (χ0v) is 11.8. The van der Waals surface area contributed by atoms with Crippen LogP contribution in [0.3, 0.4) is 0 Å². The number of halogens is 2. The van der Waals surface area contributed by atoms with Crippen LogP contribution in [-0.4, -0.2) is 16.3 Å². The lowest BCUT2D eigenvalue weighted by molar-refractivity contribution is 0.112. The van der Waals surface area contributed by atoms with Crippen LogP contribution >= 0.6 is 11.6 Å². The molecule has 0 atom stereocenters. The summed E-state index contributed by atoms with van der Waals surface area (Å²) in [5.74, 6) is 0.159. The van der Waals surface area contributed by atoms with Crippen LogP contribution in [0.25, 0.3) is 0 Å². The van der Waals surface area contributed by atoms with E-state index in [0.29, 0.717) is 29.8 Å². The van der Waals surface area contributed by atoms with Crippen molar-refractivity contribution in [3.05, 3.63) is 51.7 Å². The van der Waals surface area contributed by atoms with Gasteiger partial charge >= 0.3 is 0 Å². The summed E-state index contributed by atoms with van der Waals surface area (Å²) in [4.78, 5) is 18.7. The van der Waals surface area contributed by atoms with Crippen molar-refractivity contribution in [1.29, 1.82) is 0 Å². The fraction of sp³-hybridized carbons (Fsp3) is 0.214. The maximum atomic E-state index is 13.5. The summed E-state index contributed by atoms with van der Waals surface area (Å²) < 4.78 is 13.5. The maximum Gasteiger partial charge on any atom is 0.156 e. The molecule has 0 aliphatic heterocycles. The van der Waals surface area contributed by atoms with E-state index in [0.717, 1.165) is 5.56 Å². The summed E-state index contributed by atoms with van der Waals surface area (Å²) in [6, 6.07) is 3.50. The van der Waals surface area contributed by atoms with Gasteiger partial charge in [0.15, 0.2) is 6.29 Å². The lowest BCUT2D eigenvalue weighted by Gasteiger charge is -2.10. The minimum absolute atomic E-state index is 0.101. The van der Waals surface area contributed by atoms with Gasteiger partial charge in [-0.1, -0.05) is 23.7 Å². The molecule has 1 aromatic heterocycles. The molecule has 1 heterocycles. The van der Waals surface area contributed by atoms with Crippen LogP contribution in [0.4, 0.5) is 10.2 Å². The van der Waals surface area contributed by atoms with Gasteiger partial charge in [0.2, 0.25) is 0 Å². The Morgan fingerprint density at radius 1 is 1.30 bits per heavy atom. The number of aryl methyl sites for hydroxylation is 2. The molecule has 6 heteroatoms. The Balaban J connectivity index is 2.21. The molecule has 0 unspecified atom stereocenters. The van der Waals surface area contributed by atoms with Crippen molar-refractivity contribution in [1.82, 2.24) is 9.97 Å². The summed E-state index contributed by atoms with van der Waals surface area (Å²) in [6.45, 7) is 3.84. The van der Waals surface area contributed by atoms with Crippen molar-refractivity contribution in [3.63, 3.8) is 0 Å². The second kappa shape index (κ2) is 5.96. The minimum atomic E-state index is -0.201. The minimum Gasteiger partial charge on any atom is -0.365 e. The van der Waals surface area contributed by atoms with E-state index in [-0.39, 0.29) is 16.5 Å². The summed E-state index contributed by atoms with van der Waals surface area (Å²) in [6.07, 6.45) is 1.88. The molecule has 0 bridgehead atoms. The van der Waals surface area contributed by atoms with Crippen molar-refractivity contribution in [2.24, 2.45) is 0 Å². The number of aldehydes is 1. The third-order valence-electron chi connectivity index (χ3n) is 2.91. The van der Waals surface area contributed by atoms with E-state index in [2.05, 4.69) is 15.3 Å². The van der Waals surface area contributed by atoms with Gasteiger partial charge in [-0.05, 0) is 30.5 Å². The average molecular weight is 294 g/mol. The molecule has 0 aliphatic carbocycles. The van der Waals surface area contributed by atoms with Gasteiger partial charge in [0.05, 0.1) is 5.56 Å². The van der Waals surface area contributed by atoms with Gasteiger partial charge in [0, 0.05) is 6.54 Å². The van der Waals surface area contributed by atoms with E-state index in [9.17, 15) is 9.18 Å². The van der Waals surface area contributed by atoms with Crippen LogP contribution in [0.2, 0.25) is 5.15 Å². The number of hydrogen-bond acceptors (Lipinski definition) is 4. The van der Waals surface area contributed by atoms with Gasteiger partial charge in [0.1, 0.15) is 23.1 Å². The van der Waals surface area contributed by atoms with Gasteiger partial charge in [0.25, 0.3) is 0 Å². The maximum absolute atomic E-state index is 13.5. The molecule has 0 spiro atoms. The molecule has 0 amide bonds. The van der Waals surface area contributed by atoms with E-state index in [1.165, 1.54) is 6.33 Å². The summed E-state index contributed by atoms with van der Waals surface area (Å²) in [7, 11) is 0. The second-order valence-corrected chi connectivity index (χ2v) is 4.80. The third kappa shape index (κ3) is 2.93. The van der Waals surface area contributed by atoms with E-state index < -0.39 is 0 Å². The molecule has 0 radical (unpaired) electrons. The first-order valence-corrected chi connectivity index (χ1v) is 6.36. The third-order valence-corrected chi connectivity index (χ3v) is 3.21. The fourth-order valence-electron chi connectivity index (χ4n) is 1.94. The highest BCUT2D eigenvalue weighted by atomic mass is 35.5. The van der Waals surface area contributed by atoms with Gasteiger partial charge < -0.3 is 5.32 Å². The second-order valence-electron chi connectivity index (χ2n) is 4.44. The standard InChI is InChI=1S/C14H13ClFN3O/c1-8-3-10(4-9(2)12(8)16)5-17-14-11(6-20)13(15)18-7-19-14/h3-4,6-7H,5H2,1-2H3,(H,17,18,19). The van der Waals surface area contributed by atoms with Gasteiger partial charge in [-0.15, -0.1) is 0 Å². The highest BCUT2D eigenvalue weighted by molar-refractivity contribution is 6.32. The zero-order valence-electron chi connectivity index (χ0n) is 11.1. The predicted octanol–water partition coefficient (Wildman–Crippen LogP) is 3.31. The number of nitrogens with one attached hydrogen (secondary N) is 1. The molecular formula is C14H13ClFN3O. The first-order valence-electron chi connectivity index (χ1n) is 5.98. The van der Waals surface area contributed by atoms with Crippen LogP contribution in [0.15, 0.2) is 18.5 Å². The Morgan fingerprint density at radius 2 is 1.95 bits per heavy atom. The summed E-state index contributed by atoms with van der Waals surface area (Å²) in [5, 5.41) is 3.11. The largest absolute Gasteiger partial charge is 0.365 e.